The van der Waals surface area contributed by atoms with Gasteiger partial charge in [0.2, 0.25) is 0 Å². The molecule has 0 fully saturated rings. The van der Waals surface area contributed by atoms with Gasteiger partial charge in [0.25, 0.3) is 5.91 Å². The first-order chi connectivity index (χ1) is 8.08. The third kappa shape index (κ3) is 2.50. The summed E-state index contributed by atoms with van der Waals surface area (Å²) in [4.78, 5) is 12.0. The number of carbonyl (C=O) groups is 1. The second kappa shape index (κ2) is 4.63. The Labute approximate surface area is 104 Å². The predicted octanol–water partition coefficient (Wildman–Crippen LogP) is 2.16. The maximum absolute atomic E-state index is 12.0. The molecule has 4 nitrogen and oxygen atoms in total. The molecular weight excluding hydrogens is 234 g/mol. The maximum Gasteiger partial charge on any atom is 0.268 e. The highest BCUT2D eigenvalue weighted by Gasteiger charge is 2.14. The Balaban J connectivity index is 2.09. The molecule has 0 bridgehead atoms. The summed E-state index contributed by atoms with van der Waals surface area (Å²) in [5, 5.41) is 6.97. The maximum atomic E-state index is 12.0. The van der Waals surface area contributed by atoms with E-state index in [4.69, 9.17) is 5.73 Å². The first-order valence-electron chi connectivity index (χ1n) is 5.32. The summed E-state index contributed by atoms with van der Waals surface area (Å²) >= 11 is 1.62. The Hall–Kier alpha value is -1.75. The minimum atomic E-state index is -0.108. The minimum Gasteiger partial charge on any atom is -0.397 e. The Kier molecular flexibility index (Phi) is 3.19. The lowest BCUT2D eigenvalue weighted by molar-refractivity contribution is 0.0932. The standard InChI is InChI=1S/C12H15N3OS/c1-8(9-3-4-17-7-9)14-12(16)11-5-10(13)6-15(11)2/h3-8H,13H2,1-2H3,(H,14,16). The molecule has 2 heterocycles. The van der Waals surface area contributed by atoms with Gasteiger partial charge in [-0.05, 0) is 35.4 Å². The number of carbonyl (C=O) groups excluding carboxylic acids is 1. The van der Waals surface area contributed by atoms with Crippen molar-refractivity contribution in [3.63, 3.8) is 0 Å². The van der Waals surface area contributed by atoms with Crippen LogP contribution in [0, 0.1) is 0 Å². The monoisotopic (exact) mass is 249 g/mol. The Bertz CT molecular complexity index is 516. The molecule has 90 valence electrons. The Morgan fingerprint density at radius 1 is 1.59 bits per heavy atom. The van der Waals surface area contributed by atoms with Crippen LogP contribution in [0.15, 0.2) is 29.1 Å². The molecule has 2 aromatic rings. The lowest BCUT2D eigenvalue weighted by Gasteiger charge is -2.12. The van der Waals surface area contributed by atoms with Crippen LogP contribution in [0.2, 0.25) is 0 Å². The van der Waals surface area contributed by atoms with Gasteiger partial charge in [-0.2, -0.15) is 11.3 Å². The van der Waals surface area contributed by atoms with Crippen molar-refractivity contribution in [1.82, 2.24) is 9.88 Å². The first-order valence-corrected chi connectivity index (χ1v) is 6.27. The number of nitrogen functional groups attached to an aromatic ring is 1. The number of nitrogens with two attached hydrogens (primary N) is 1. The number of hydrogen-bond acceptors (Lipinski definition) is 3. The molecule has 0 saturated carbocycles. The van der Waals surface area contributed by atoms with Crippen molar-refractivity contribution in [2.75, 3.05) is 5.73 Å². The predicted molar refractivity (Wildman–Crippen MR) is 70.0 cm³/mol. The minimum absolute atomic E-state index is 0.00451. The van der Waals surface area contributed by atoms with Gasteiger partial charge in [-0.3, -0.25) is 4.79 Å². The Morgan fingerprint density at radius 3 is 2.88 bits per heavy atom. The Morgan fingerprint density at radius 2 is 2.35 bits per heavy atom. The zero-order valence-corrected chi connectivity index (χ0v) is 10.6. The molecule has 17 heavy (non-hydrogen) atoms. The summed E-state index contributed by atoms with van der Waals surface area (Å²) in [6, 6.07) is 3.69. The highest BCUT2D eigenvalue weighted by Crippen LogP contribution is 2.17. The molecular formula is C12H15N3OS. The van der Waals surface area contributed by atoms with Gasteiger partial charge in [0.1, 0.15) is 5.69 Å². The smallest absolute Gasteiger partial charge is 0.268 e. The normalized spacial score (nSPS) is 12.4. The molecule has 1 atom stereocenters. The third-order valence-electron chi connectivity index (χ3n) is 2.65. The number of amides is 1. The summed E-state index contributed by atoms with van der Waals surface area (Å²) in [7, 11) is 1.81. The van der Waals surface area contributed by atoms with E-state index in [0.717, 1.165) is 5.56 Å². The summed E-state index contributed by atoms with van der Waals surface area (Å²) in [5.41, 5.74) is 7.93. The second-order valence-electron chi connectivity index (χ2n) is 4.02. The molecule has 1 amide bonds. The molecule has 0 radical (unpaired) electrons. The summed E-state index contributed by atoms with van der Waals surface area (Å²) in [6.07, 6.45) is 1.73. The van der Waals surface area contributed by atoms with Crippen molar-refractivity contribution in [3.8, 4) is 0 Å². The van der Waals surface area contributed by atoms with E-state index in [-0.39, 0.29) is 11.9 Å². The number of rotatable bonds is 3. The number of aryl methyl sites for hydroxylation is 1. The van der Waals surface area contributed by atoms with E-state index in [9.17, 15) is 4.79 Å². The number of nitrogens with one attached hydrogen (secondary N) is 1. The molecule has 0 saturated heterocycles. The zero-order valence-electron chi connectivity index (χ0n) is 9.81. The van der Waals surface area contributed by atoms with E-state index in [2.05, 4.69) is 5.32 Å². The average Bonchev–Trinajstić information content (AvgIpc) is 2.87. The van der Waals surface area contributed by atoms with Crippen LogP contribution in [0.5, 0.6) is 0 Å². The van der Waals surface area contributed by atoms with E-state index in [0.29, 0.717) is 11.4 Å². The van der Waals surface area contributed by atoms with Crippen LogP contribution in [0.4, 0.5) is 5.69 Å². The molecule has 0 spiro atoms. The molecule has 5 heteroatoms. The van der Waals surface area contributed by atoms with Crippen molar-refractivity contribution in [3.05, 3.63) is 40.3 Å². The van der Waals surface area contributed by atoms with Crippen molar-refractivity contribution < 1.29 is 4.79 Å². The number of aromatic nitrogens is 1. The highest BCUT2D eigenvalue weighted by atomic mass is 32.1. The van der Waals surface area contributed by atoms with E-state index in [1.54, 1.807) is 35.2 Å². The van der Waals surface area contributed by atoms with Crippen molar-refractivity contribution >= 4 is 22.9 Å². The van der Waals surface area contributed by atoms with Crippen molar-refractivity contribution in [2.24, 2.45) is 7.05 Å². The van der Waals surface area contributed by atoms with Crippen LogP contribution in [0.1, 0.15) is 29.0 Å². The highest BCUT2D eigenvalue weighted by molar-refractivity contribution is 7.07. The van der Waals surface area contributed by atoms with Crippen LogP contribution < -0.4 is 11.1 Å². The summed E-state index contributed by atoms with van der Waals surface area (Å²) < 4.78 is 1.73. The van der Waals surface area contributed by atoms with Gasteiger partial charge < -0.3 is 15.6 Å². The quantitative estimate of drug-likeness (QED) is 0.875. The molecule has 0 aliphatic heterocycles. The molecule has 0 aromatic carbocycles. The largest absolute Gasteiger partial charge is 0.397 e. The van der Waals surface area contributed by atoms with Gasteiger partial charge in [-0.1, -0.05) is 0 Å². The van der Waals surface area contributed by atoms with Gasteiger partial charge in [0, 0.05) is 13.2 Å². The van der Waals surface area contributed by atoms with Crippen molar-refractivity contribution in [1.29, 1.82) is 0 Å². The average molecular weight is 249 g/mol. The molecule has 3 N–H and O–H groups in total. The van der Waals surface area contributed by atoms with Crippen LogP contribution in [-0.4, -0.2) is 10.5 Å². The summed E-state index contributed by atoms with van der Waals surface area (Å²) in [6.45, 7) is 1.96. The first kappa shape index (κ1) is 11.7. The van der Waals surface area contributed by atoms with Gasteiger partial charge in [-0.15, -0.1) is 0 Å². The van der Waals surface area contributed by atoms with Gasteiger partial charge in [0.05, 0.1) is 11.7 Å². The van der Waals surface area contributed by atoms with Crippen LogP contribution >= 0.6 is 11.3 Å². The fraction of sp³-hybridized carbons (Fsp3) is 0.250. The SMILES string of the molecule is CC(NC(=O)c1cc(N)cn1C)c1ccsc1. The topological polar surface area (TPSA) is 60.1 Å². The number of anilines is 1. The van der Waals surface area contributed by atoms with Crippen molar-refractivity contribution in [2.45, 2.75) is 13.0 Å². The van der Waals surface area contributed by atoms with Crippen LogP contribution in [0.25, 0.3) is 0 Å². The number of thiophene rings is 1. The van der Waals surface area contributed by atoms with Gasteiger partial charge in [0.15, 0.2) is 0 Å². The molecule has 0 aliphatic carbocycles. The van der Waals surface area contributed by atoms with Crippen LogP contribution in [-0.2, 0) is 7.05 Å². The fourth-order valence-corrected chi connectivity index (χ4v) is 2.45. The van der Waals surface area contributed by atoms with Crippen LogP contribution in [0.3, 0.4) is 0 Å². The van der Waals surface area contributed by atoms with Gasteiger partial charge >= 0.3 is 0 Å². The van der Waals surface area contributed by atoms with E-state index < -0.39 is 0 Å². The number of nitrogens with zero attached hydrogens (tertiary/aromatic N) is 1. The zero-order chi connectivity index (χ0) is 12.4. The summed E-state index contributed by atoms with van der Waals surface area (Å²) in [5.74, 6) is -0.108. The molecule has 0 aliphatic rings. The lowest BCUT2D eigenvalue weighted by atomic mass is 10.2. The lowest BCUT2D eigenvalue weighted by Crippen LogP contribution is -2.27. The van der Waals surface area contributed by atoms with E-state index >= 15 is 0 Å². The fourth-order valence-electron chi connectivity index (χ4n) is 1.69. The molecule has 2 rings (SSSR count). The molecule has 1 unspecified atom stereocenters. The van der Waals surface area contributed by atoms with Gasteiger partial charge in [-0.25, -0.2) is 0 Å². The third-order valence-corrected chi connectivity index (χ3v) is 3.35. The van der Waals surface area contributed by atoms with E-state index in [1.807, 2.05) is 23.8 Å². The van der Waals surface area contributed by atoms with E-state index in [1.165, 1.54) is 0 Å². The number of hydrogen-bond donors (Lipinski definition) is 2. The molecule has 2 aromatic heterocycles. The second-order valence-corrected chi connectivity index (χ2v) is 4.80.